The number of hydrogen-bond acceptors (Lipinski definition) is 5. The summed E-state index contributed by atoms with van der Waals surface area (Å²) in [4.78, 5) is 34.2. The van der Waals surface area contributed by atoms with Crippen LogP contribution < -0.4 is 5.06 Å². The first-order valence-electron chi connectivity index (χ1n) is 8.62. The number of imide groups is 1. The van der Waals surface area contributed by atoms with E-state index in [9.17, 15) is 9.59 Å². The molecule has 3 heterocycles. The second kappa shape index (κ2) is 6.61. The van der Waals surface area contributed by atoms with E-state index < -0.39 is 12.0 Å². The average Bonchev–Trinajstić information content (AvgIpc) is 3.33. The maximum atomic E-state index is 13.0. The SMILES string of the molecule is CCCCN1C(=O)C2ON(c3ccccc3)C(c3cccs3)C2C1=O. The maximum Gasteiger partial charge on any atom is 0.261 e. The van der Waals surface area contributed by atoms with Crippen LogP contribution in [0.25, 0.3) is 0 Å². The molecule has 2 aliphatic heterocycles. The molecule has 3 unspecified atom stereocenters. The van der Waals surface area contributed by atoms with Gasteiger partial charge in [0.2, 0.25) is 5.91 Å². The standard InChI is InChI=1S/C19H20N2O3S/c1-2-3-11-20-18(22)15-16(14-10-7-12-25-14)21(24-17(15)19(20)23)13-8-5-4-6-9-13/h4-10,12,15-17H,2-3,11H2,1H3. The predicted molar refractivity (Wildman–Crippen MR) is 96.0 cm³/mol. The van der Waals surface area contributed by atoms with Crippen LogP contribution in [-0.4, -0.2) is 29.4 Å². The van der Waals surface area contributed by atoms with E-state index in [1.807, 2.05) is 54.8 Å². The van der Waals surface area contributed by atoms with E-state index in [0.29, 0.717) is 6.54 Å². The maximum absolute atomic E-state index is 13.0. The number of rotatable bonds is 5. The molecule has 3 atom stereocenters. The summed E-state index contributed by atoms with van der Waals surface area (Å²) in [6.07, 6.45) is 1.04. The van der Waals surface area contributed by atoms with Crippen molar-refractivity contribution in [3.63, 3.8) is 0 Å². The van der Waals surface area contributed by atoms with E-state index in [2.05, 4.69) is 0 Å². The molecule has 0 saturated carbocycles. The first-order valence-corrected chi connectivity index (χ1v) is 9.50. The number of nitrogens with zero attached hydrogens (tertiary/aromatic N) is 2. The molecule has 2 saturated heterocycles. The third-order valence-electron chi connectivity index (χ3n) is 4.79. The molecule has 2 aliphatic rings. The Labute approximate surface area is 150 Å². The Morgan fingerprint density at radius 3 is 2.56 bits per heavy atom. The number of unbranched alkanes of at least 4 members (excludes halogenated alkanes) is 1. The van der Waals surface area contributed by atoms with Crippen LogP contribution in [0.3, 0.4) is 0 Å². The number of fused-ring (bicyclic) bond motifs is 1. The van der Waals surface area contributed by atoms with Gasteiger partial charge in [0, 0.05) is 11.4 Å². The van der Waals surface area contributed by atoms with Crippen molar-refractivity contribution in [3.8, 4) is 0 Å². The van der Waals surface area contributed by atoms with E-state index in [1.54, 1.807) is 16.4 Å². The number of amides is 2. The van der Waals surface area contributed by atoms with Crippen molar-refractivity contribution < 1.29 is 14.4 Å². The summed E-state index contributed by atoms with van der Waals surface area (Å²) >= 11 is 1.59. The fourth-order valence-corrected chi connectivity index (χ4v) is 4.41. The summed E-state index contributed by atoms with van der Waals surface area (Å²) in [5.74, 6) is -0.799. The minimum atomic E-state index is -0.725. The first kappa shape index (κ1) is 16.3. The van der Waals surface area contributed by atoms with Gasteiger partial charge in [0.25, 0.3) is 5.91 Å². The largest absolute Gasteiger partial charge is 0.280 e. The summed E-state index contributed by atoms with van der Waals surface area (Å²) in [6, 6.07) is 13.4. The number of carbonyl (C=O) groups is 2. The molecule has 0 bridgehead atoms. The van der Waals surface area contributed by atoms with Crippen LogP contribution in [0.2, 0.25) is 0 Å². The molecule has 6 heteroatoms. The van der Waals surface area contributed by atoms with Crippen molar-refractivity contribution >= 4 is 28.8 Å². The number of para-hydroxylation sites is 1. The molecule has 25 heavy (non-hydrogen) atoms. The Hall–Kier alpha value is -2.18. The molecule has 0 N–H and O–H groups in total. The molecule has 1 aromatic heterocycles. The zero-order valence-corrected chi connectivity index (χ0v) is 14.8. The molecule has 1 aromatic carbocycles. The Morgan fingerprint density at radius 2 is 1.88 bits per heavy atom. The van der Waals surface area contributed by atoms with E-state index in [0.717, 1.165) is 23.4 Å². The molecular weight excluding hydrogens is 336 g/mol. The third kappa shape index (κ3) is 2.65. The van der Waals surface area contributed by atoms with Crippen molar-refractivity contribution in [3.05, 3.63) is 52.7 Å². The van der Waals surface area contributed by atoms with Gasteiger partial charge in [0.15, 0.2) is 6.10 Å². The molecule has 0 aliphatic carbocycles. The molecule has 5 nitrogen and oxygen atoms in total. The number of anilines is 1. The van der Waals surface area contributed by atoms with Crippen LogP contribution in [0.15, 0.2) is 47.8 Å². The Bertz CT molecular complexity index is 762. The zero-order chi connectivity index (χ0) is 17.4. The quantitative estimate of drug-likeness (QED) is 0.771. The lowest BCUT2D eigenvalue weighted by Gasteiger charge is -2.27. The monoisotopic (exact) mass is 356 g/mol. The number of hydrogen-bond donors (Lipinski definition) is 0. The number of carbonyl (C=O) groups excluding carboxylic acids is 2. The third-order valence-corrected chi connectivity index (χ3v) is 5.73. The highest BCUT2D eigenvalue weighted by molar-refractivity contribution is 7.10. The van der Waals surface area contributed by atoms with E-state index in [-0.39, 0.29) is 17.9 Å². The zero-order valence-electron chi connectivity index (χ0n) is 14.0. The van der Waals surface area contributed by atoms with Gasteiger partial charge in [0.05, 0.1) is 5.69 Å². The van der Waals surface area contributed by atoms with E-state index in [4.69, 9.17) is 4.84 Å². The molecule has 0 spiro atoms. The van der Waals surface area contributed by atoms with Crippen molar-refractivity contribution in [1.29, 1.82) is 0 Å². The molecular formula is C19H20N2O3S. The Balaban J connectivity index is 1.71. The van der Waals surface area contributed by atoms with E-state index in [1.165, 1.54) is 4.90 Å². The van der Waals surface area contributed by atoms with Crippen LogP contribution in [0.4, 0.5) is 5.69 Å². The number of thiophene rings is 1. The van der Waals surface area contributed by atoms with Gasteiger partial charge in [-0.2, -0.15) is 0 Å². The van der Waals surface area contributed by atoms with Crippen molar-refractivity contribution in [2.75, 3.05) is 11.6 Å². The molecule has 130 valence electrons. The molecule has 2 amide bonds. The smallest absolute Gasteiger partial charge is 0.261 e. The van der Waals surface area contributed by atoms with Gasteiger partial charge in [0.1, 0.15) is 12.0 Å². The van der Waals surface area contributed by atoms with Gasteiger partial charge in [-0.05, 0) is 30.0 Å². The summed E-state index contributed by atoms with van der Waals surface area (Å²) < 4.78 is 0. The molecule has 2 aromatic rings. The summed E-state index contributed by atoms with van der Waals surface area (Å²) in [6.45, 7) is 2.53. The van der Waals surface area contributed by atoms with Crippen molar-refractivity contribution in [1.82, 2.24) is 4.90 Å². The highest BCUT2D eigenvalue weighted by Gasteiger charge is 2.59. The summed E-state index contributed by atoms with van der Waals surface area (Å²) in [5, 5.41) is 3.73. The second-order valence-corrected chi connectivity index (χ2v) is 7.33. The predicted octanol–water partition coefficient (Wildman–Crippen LogP) is 3.39. The fraction of sp³-hybridized carbons (Fsp3) is 0.368. The lowest BCUT2D eigenvalue weighted by atomic mass is 9.95. The minimum Gasteiger partial charge on any atom is -0.280 e. The highest BCUT2D eigenvalue weighted by Crippen LogP contribution is 2.47. The van der Waals surface area contributed by atoms with Gasteiger partial charge >= 0.3 is 0 Å². The Kier molecular flexibility index (Phi) is 4.31. The lowest BCUT2D eigenvalue weighted by Crippen LogP contribution is -2.37. The average molecular weight is 356 g/mol. The van der Waals surface area contributed by atoms with Crippen LogP contribution in [0, 0.1) is 5.92 Å². The minimum absolute atomic E-state index is 0.111. The number of likely N-dealkylation sites (tertiary alicyclic amines) is 1. The summed E-state index contributed by atoms with van der Waals surface area (Å²) in [7, 11) is 0. The first-order chi connectivity index (χ1) is 12.2. The molecule has 4 rings (SSSR count). The topological polar surface area (TPSA) is 49.9 Å². The van der Waals surface area contributed by atoms with Gasteiger partial charge < -0.3 is 0 Å². The van der Waals surface area contributed by atoms with Crippen molar-refractivity contribution in [2.24, 2.45) is 5.92 Å². The molecule has 0 radical (unpaired) electrons. The lowest BCUT2D eigenvalue weighted by molar-refractivity contribution is -0.143. The second-order valence-electron chi connectivity index (χ2n) is 6.36. The number of hydroxylamine groups is 1. The van der Waals surface area contributed by atoms with E-state index >= 15 is 0 Å². The van der Waals surface area contributed by atoms with Gasteiger partial charge in [-0.3, -0.25) is 19.3 Å². The van der Waals surface area contributed by atoms with Gasteiger partial charge in [-0.1, -0.05) is 37.6 Å². The van der Waals surface area contributed by atoms with Crippen molar-refractivity contribution in [2.45, 2.75) is 31.9 Å². The van der Waals surface area contributed by atoms with Gasteiger partial charge in [-0.15, -0.1) is 11.3 Å². The fourth-order valence-electron chi connectivity index (χ4n) is 3.56. The normalized spacial score (nSPS) is 25.7. The highest BCUT2D eigenvalue weighted by atomic mass is 32.1. The van der Waals surface area contributed by atoms with Crippen LogP contribution >= 0.6 is 11.3 Å². The van der Waals surface area contributed by atoms with Crippen LogP contribution in [0.5, 0.6) is 0 Å². The Morgan fingerprint density at radius 1 is 1.08 bits per heavy atom. The molecule has 2 fully saturated rings. The number of benzene rings is 1. The summed E-state index contributed by atoms with van der Waals surface area (Å²) in [5.41, 5.74) is 0.857. The van der Waals surface area contributed by atoms with Crippen LogP contribution in [-0.2, 0) is 14.4 Å². The van der Waals surface area contributed by atoms with Crippen LogP contribution in [0.1, 0.15) is 30.7 Å². The van der Waals surface area contributed by atoms with Gasteiger partial charge in [-0.25, -0.2) is 5.06 Å².